The lowest BCUT2D eigenvalue weighted by Crippen LogP contribution is -2.37. The first-order valence-electron chi connectivity index (χ1n) is 11.1. The molecule has 1 unspecified atom stereocenters. The van der Waals surface area contributed by atoms with Gasteiger partial charge < -0.3 is 29.2 Å². The van der Waals surface area contributed by atoms with Crippen LogP contribution in [0.1, 0.15) is 25.7 Å². The summed E-state index contributed by atoms with van der Waals surface area (Å²) in [6.45, 7) is 8.74. The Morgan fingerprint density at radius 2 is 2.03 bits per heavy atom. The Hall–Kier alpha value is -3.24. The predicted octanol–water partition coefficient (Wildman–Crippen LogP) is 2.75. The molecule has 0 spiro atoms. The number of fused-ring (bicyclic) bond motifs is 2. The number of rotatable bonds is 8. The van der Waals surface area contributed by atoms with E-state index < -0.39 is 0 Å². The third-order valence-corrected chi connectivity index (χ3v) is 5.60. The van der Waals surface area contributed by atoms with Gasteiger partial charge in [-0.3, -0.25) is 0 Å². The summed E-state index contributed by atoms with van der Waals surface area (Å²) in [7, 11) is 0. The van der Waals surface area contributed by atoms with Gasteiger partial charge in [0.25, 0.3) is 0 Å². The van der Waals surface area contributed by atoms with Crippen LogP contribution >= 0.6 is 0 Å². The minimum atomic E-state index is 0.107. The molecule has 5 rings (SSSR count). The Morgan fingerprint density at radius 1 is 1.19 bits per heavy atom. The number of ether oxygens (including phenoxy) is 2. The highest BCUT2D eigenvalue weighted by molar-refractivity contribution is 5.84. The van der Waals surface area contributed by atoms with Gasteiger partial charge >= 0.3 is 0 Å². The first kappa shape index (κ1) is 20.7. The summed E-state index contributed by atoms with van der Waals surface area (Å²) < 4.78 is 13.2. The number of aromatic amines is 1. The molecule has 0 amide bonds. The number of nitrogens with one attached hydrogen (secondary N) is 2. The fraction of sp³-hybridized carbons (Fsp3) is 0.455. The lowest BCUT2D eigenvalue weighted by Gasteiger charge is -2.27. The number of morpholine rings is 1. The monoisotopic (exact) mass is 436 g/mol. The second-order valence-electron chi connectivity index (χ2n) is 7.86. The van der Waals surface area contributed by atoms with Gasteiger partial charge in [-0.1, -0.05) is 12.1 Å². The molecule has 1 aliphatic rings. The minimum absolute atomic E-state index is 0.107. The van der Waals surface area contributed by atoms with E-state index in [0.29, 0.717) is 44.7 Å². The Kier molecular flexibility index (Phi) is 5.87. The number of imidazole rings is 2. The van der Waals surface area contributed by atoms with E-state index in [2.05, 4.69) is 36.7 Å². The van der Waals surface area contributed by atoms with Gasteiger partial charge in [0.15, 0.2) is 17.0 Å². The van der Waals surface area contributed by atoms with Crippen molar-refractivity contribution in [3.05, 3.63) is 36.4 Å². The number of benzene rings is 1. The molecule has 32 heavy (non-hydrogen) atoms. The van der Waals surface area contributed by atoms with Crippen LogP contribution in [0.15, 0.2) is 30.6 Å². The van der Waals surface area contributed by atoms with Crippen molar-refractivity contribution < 1.29 is 9.47 Å². The molecule has 0 saturated carbocycles. The van der Waals surface area contributed by atoms with Crippen molar-refractivity contribution in [3.63, 3.8) is 0 Å². The molecule has 1 aliphatic heterocycles. The highest BCUT2D eigenvalue weighted by Crippen LogP contribution is 2.26. The fourth-order valence-corrected chi connectivity index (χ4v) is 3.88. The zero-order valence-electron chi connectivity index (χ0n) is 18.4. The molecule has 0 aliphatic carbocycles. The van der Waals surface area contributed by atoms with E-state index in [1.165, 1.54) is 0 Å². The van der Waals surface area contributed by atoms with Gasteiger partial charge in [-0.25, -0.2) is 9.97 Å². The quantitative estimate of drug-likeness (QED) is 0.434. The van der Waals surface area contributed by atoms with Crippen LogP contribution in [0, 0.1) is 0 Å². The summed E-state index contributed by atoms with van der Waals surface area (Å²) in [6, 6.07) is 8.11. The van der Waals surface area contributed by atoms with E-state index >= 15 is 0 Å². The standard InChI is InChI=1S/C22H28N8O2/c1-3-31-13-15(2)30-14-24-19-20(23-12-18-25-16-6-4-5-7-17(16)26-18)27-22(28-21(19)30)29-8-10-32-11-9-29/h4-7,14-15H,3,8-13H2,1-2H3,(H,25,26)(H,23,27,28). The summed E-state index contributed by atoms with van der Waals surface area (Å²) in [5.41, 5.74) is 3.49. The van der Waals surface area contributed by atoms with Crippen LogP contribution < -0.4 is 10.2 Å². The lowest BCUT2D eigenvalue weighted by molar-refractivity contribution is 0.119. The number of H-pyrrole nitrogens is 1. The number of hydrogen-bond donors (Lipinski definition) is 2. The van der Waals surface area contributed by atoms with Crippen molar-refractivity contribution in [1.82, 2.24) is 29.5 Å². The van der Waals surface area contributed by atoms with Gasteiger partial charge in [-0.05, 0) is 26.0 Å². The second kappa shape index (κ2) is 9.09. The molecule has 0 bridgehead atoms. The normalized spacial score (nSPS) is 15.5. The van der Waals surface area contributed by atoms with Crippen LogP contribution in [0.25, 0.3) is 22.2 Å². The fourth-order valence-electron chi connectivity index (χ4n) is 3.88. The van der Waals surface area contributed by atoms with Crippen LogP contribution in [-0.2, 0) is 16.0 Å². The van der Waals surface area contributed by atoms with E-state index in [9.17, 15) is 0 Å². The maximum absolute atomic E-state index is 5.63. The molecule has 1 fully saturated rings. The lowest BCUT2D eigenvalue weighted by atomic mass is 10.3. The average molecular weight is 437 g/mol. The molecular weight excluding hydrogens is 408 g/mol. The SMILES string of the molecule is CCOCC(C)n1cnc2c(NCc3nc4ccccc4[nH]3)nc(N3CCOCC3)nc21. The molecule has 1 aromatic carbocycles. The smallest absolute Gasteiger partial charge is 0.229 e. The van der Waals surface area contributed by atoms with Gasteiger partial charge in [0.05, 0.1) is 49.8 Å². The van der Waals surface area contributed by atoms with Gasteiger partial charge in [0.1, 0.15) is 5.82 Å². The molecule has 168 valence electrons. The molecule has 10 nitrogen and oxygen atoms in total. The van der Waals surface area contributed by atoms with Gasteiger partial charge in [0, 0.05) is 19.7 Å². The van der Waals surface area contributed by atoms with Crippen molar-refractivity contribution in [3.8, 4) is 0 Å². The molecule has 0 radical (unpaired) electrons. The highest BCUT2D eigenvalue weighted by Gasteiger charge is 2.21. The minimum Gasteiger partial charge on any atom is -0.380 e. The number of anilines is 2. The molecular formula is C22H28N8O2. The van der Waals surface area contributed by atoms with Crippen molar-refractivity contribution in [2.45, 2.75) is 26.4 Å². The summed E-state index contributed by atoms with van der Waals surface area (Å²) in [6.07, 6.45) is 1.82. The van der Waals surface area contributed by atoms with Crippen LogP contribution in [0.2, 0.25) is 0 Å². The second-order valence-corrected chi connectivity index (χ2v) is 7.86. The number of aromatic nitrogens is 6. The van der Waals surface area contributed by atoms with E-state index in [0.717, 1.165) is 41.1 Å². The first-order valence-corrected chi connectivity index (χ1v) is 11.1. The molecule has 10 heteroatoms. The van der Waals surface area contributed by atoms with Crippen LogP contribution in [0.3, 0.4) is 0 Å². The van der Waals surface area contributed by atoms with Crippen molar-refractivity contribution in [1.29, 1.82) is 0 Å². The van der Waals surface area contributed by atoms with E-state index in [1.54, 1.807) is 0 Å². The molecule has 4 aromatic rings. The van der Waals surface area contributed by atoms with Gasteiger partial charge in [-0.15, -0.1) is 0 Å². The maximum atomic E-state index is 5.63. The molecule has 1 atom stereocenters. The average Bonchev–Trinajstić information content (AvgIpc) is 3.45. The summed E-state index contributed by atoms with van der Waals surface area (Å²) in [5.74, 6) is 2.22. The Labute approximate surface area is 186 Å². The Morgan fingerprint density at radius 3 is 2.84 bits per heavy atom. The Balaban J connectivity index is 1.48. The summed E-state index contributed by atoms with van der Waals surface area (Å²) in [4.78, 5) is 24.5. The van der Waals surface area contributed by atoms with Crippen LogP contribution in [-0.4, -0.2) is 69.0 Å². The number of para-hydroxylation sites is 2. The zero-order chi connectivity index (χ0) is 21.9. The summed E-state index contributed by atoms with van der Waals surface area (Å²) >= 11 is 0. The predicted molar refractivity (Wildman–Crippen MR) is 123 cm³/mol. The van der Waals surface area contributed by atoms with Crippen molar-refractivity contribution >= 4 is 34.0 Å². The summed E-state index contributed by atoms with van der Waals surface area (Å²) in [5, 5.41) is 3.43. The molecule has 4 heterocycles. The third kappa shape index (κ3) is 4.11. The van der Waals surface area contributed by atoms with Crippen molar-refractivity contribution in [2.75, 3.05) is 49.7 Å². The van der Waals surface area contributed by atoms with E-state index in [1.807, 2.05) is 37.5 Å². The van der Waals surface area contributed by atoms with Gasteiger partial charge in [-0.2, -0.15) is 9.97 Å². The van der Waals surface area contributed by atoms with Gasteiger partial charge in [0.2, 0.25) is 5.95 Å². The number of nitrogens with zero attached hydrogens (tertiary/aromatic N) is 6. The maximum Gasteiger partial charge on any atom is 0.229 e. The highest BCUT2D eigenvalue weighted by atomic mass is 16.5. The van der Waals surface area contributed by atoms with E-state index in [4.69, 9.17) is 19.4 Å². The van der Waals surface area contributed by atoms with E-state index in [-0.39, 0.29) is 6.04 Å². The molecule has 1 saturated heterocycles. The van der Waals surface area contributed by atoms with Crippen LogP contribution in [0.4, 0.5) is 11.8 Å². The van der Waals surface area contributed by atoms with Crippen molar-refractivity contribution in [2.24, 2.45) is 0 Å². The number of hydrogen-bond acceptors (Lipinski definition) is 8. The third-order valence-electron chi connectivity index (χ3n) is 5.60. The molecule has 3 aromatic heterocycles. The van der Waals surface area contributed by atoms with Crippen LogP contribution in [0.5, 0.6) is 0 Å². The Bertz CT molecular complexity index is 1160. The largest absolute Gasteiger partial charge is 0.380 e. The topological polar surface area (TPSA) is 106 Å². The zero-order valence-corrected chi connectivity index (χ0v) is 18.4. The first-order chi connectivity index (χ1) is 15.7. The molecule has 2 N–H and O–H groups in total.